The van der Waals surface area contributed by atoms with Gasteiger partial charge in [0, 0.05) is 6.42 Å². The predicted octanol–water partition coefficient (Wildman–Crippen LogP) is 2.40. The van der Waals surface area contributed by atoms with Crippen molar-refractivity contribution in [3.8, 4) is 0 Å². The summed E-state index contributed by atoms with van der Waals surface area (Å²) in [5.41, 5.74) is 0.750. The van der Waals surface area contributed by atoms with Crippen LogP contribution in [0.2, 0.25) is 0 Å². The molecule has 0 amide bonds. The normalized spacial score (nSPS) is 10.2. The summed E-state index contributed by atoms with van der Waals surface area (Å²) >= 11 is 0. The number of carbonyl (C=O) groups is 1. The first kappa shape index (κ1) is 9.84. The topological polar surface area (TPSA) is 17.1 Å². The monoisotopic (exact) mass is 184 g/mol. The molecule has 0 fully saturated rings. The highest BCUT2D eigenvalue weighted by Crippen LogP contribution is 2.15. The molecule has 1 rings (SSSR count). The van der Waals surface area contributed by atoms with Crippen LogP contribution in [-0.4, -0.2) is 5.78 Å². The van der Waals surface area contributed by atoms with E-state index in [1.54, 1.807) is 6.92 Å². The maximum atomic E-state index is 13.0. The van der Waals surface area contributed by atoms with Crippen LogP contribution in [0.4, 0.5) is 8.78 Å². The van der Waals surface area contributed by atoms with Crippen LogP contribution in [0.15, 0.2) is 12.1 Å². The number of benzene rings is 1. The van der Waals surface area contributed by atoms with Gasteiger partial charge in [0.2, 0.25) is 0 Å². The van der Waals surface area contributed by atoms with Gasteiger partial charge in [0.15, 0.2) is 11.6 Å². The fraction of sp³-hybridized carbons (Fsp3) is 0.300. The zero-order valence-corrected chi connectivity index (χ0v) is 7.53. The third kappa shape index (κ3) is 2.34. The molecule has 0 unspecified atom stereocenters. The van der Waals surface area contributed by atoms with E-state index >= 15 is 0 Å². The number of ketones is 1. The van der Waals surface area contributed by atoms with Gasteiger partial charge < -0.3 is 0 Å². The van der Waals surface area contributed by atoms with E-state index in [1.165, 1.54) is 13.0 Å². The maximum absolute atomic E-state index is 13.0. The van der Waals surface area contributed by atoms with Gasteiger partial charge in [-0.15, -0.1) is 0 Å². The smallest absolute Gasteiger partial charge is 0.162 e. The first-order valence-corrected chi connectivity index (χ1v) is 3.94. The van der Waals surface area contributed by atoms with Gasteiger partial charge in [-0.25, -0.2) is 8.78 Å². The van der Waals surface area contributed by atoms with Crippen LogP contribution in [0.25, 0.3) is 0 Å². The van der Waals surface area contributed by atoms with Gasteiger partial charge in [-0.3, -0.25) is 4.79 Å². The summed E-state index contributed by atoms with van der Waals surface area (Å²) in [7, 11) is 0. The standard InChI is InChI=1S/C10H10F2O/c1-6-3-8(5-7(2)13)10(12)9(11)4-6/h3-4H,5H2,1-2H3. The van der Waals surface area contributed by atoms with Crippen molar-refractivity contribution in [2.24, 2.45) is 0 Å². The molecular weight excluding hydrogens is 174 g/mol. The summed E-state index contributed by atoms with van der Waals surface area (Å²) in [6.07, 6.45) is -0.0512. The third-order valence-electron chi connectivity index (χ3n) is 1.69. The van der Waals surface area contributed by atoms with Gasteiger partial charge in [0.05, 0.1) is 0 Å². The molecule has 0 aromatic heterocycles. The number of Topliss-reactive ketones (excluding diaryl/α,β-unsaturated/α-hetero) is 1. The summed E-state index contributed by atoms with van der Waals surface area (Å²) < 4.78 is 25.8. The van der Waals surface area contributed by atoms with Crippen LogP contribution in [-0.2, 0) is 11.2 Å². The number of halogens is 2. The Kier molecular flexibility index (Phi) is 2.76. The molecule has 1 aromatic carbocycles. The van der Waals surface area contributed by atoms with Crippen LogP contribution in [0.1, 0.15) is 18.1 Å². The Morgan fingerprint density at radius 2 is 2.00 bits per heavy atom. The lowest BCUT2D eigenvalue weighted by molar-refractivity contribution is -0.116. The zero-order chi connectivity index (χ0) is 10.0. The highest BCUT2D eigenvalue weighted by Gasteiger charge is 2.10. The molecule has 0 aliphatic carbocycles. The number of hydrogen-bond donors (Lipinski definition) is 0. The molecule has 3 heteroatoms. The highest BCUT2D eigenvalue weighted by atomic mass is 19.2. The maximum Gasteiger partial charge on any atom is 0.162 e. The summed E-state index contributed by atoms with van der Waals surface area (Å²) in [5.74, 6) is -1.99. The molecule has 70 valence electrons. The summed E-state index contributed by atoms with van der Waals surface area (Å²) in [5, 5.41) is 0. The molecule has 0 saturated heterocycles. The van der Waals surface area contributed by atoms with Crippen molar-refractivity contribution < 1.29 is 13.6 Å². The van der Waals surface area contributed by atoms with Crippen molar-refractivity contribution in [2.75, 3.05) is 0 Å². The lowest BCUT2D eigenvalue weighted by atomic mass is 10.1. The fourth-order valence-electron chi connectivity index (χ4n) is 1.19. The molecule has 0 radical (unpaired) electrons. The van der Waals surface area contributed by atoms with Crippen molar-refractivity contribution in [1.82, 2.24) is 0 Å². The van der Waals surface area contributed by atoms with Gasteiger partial charge >= 0.3 is 0 Å². The summed E-state index contributed by atoms with van der Waals surface area (Å²) in [6, 6.07) is 2.60. The molecule has 0 spiro atoms. The SMILES string of the molecule is CC(=O)Cc1cc(C)cc(F)c1F. The Bertz CT molecular complexity index is 345. The van der Waals surface area contributed by atoms with Crippen LogP contribution < -0.4 is 0 Å². The molecule has 1 nitrogen and oxygen atoms in total. The Hall–Kier alpha value is -1.25. The largest absolute Gasteiger partial charge is 0.300 e. The number of hydrogen-bond acceptors (Lipinski definition) is 1. The van der Waals surface area contributed by atoms with Gasteiger partial charge in [-0.1, -0.05) is 6.07 Å². The van der Waals surface area contributed by atoms with E-state index in [9.17, 15) is 13.6 Å². The number of carbonyl (C=O) groups excluding carboxylic acids is 1. The fourth-order valence-corrected chi connectivity index (χ4v) is 1.19. The van der Waals surface area contributed by atoms with Crippen molar-refractivity contribution in [3.05, 3.63) is 34.9 Å². The van der Waals surface area contributed by atoms with E-state index in [2.05, 4.69) is 0 Å². The Balaban J connectivity index is 3.12. The first-order chi connectivity index (χ1) is 6.00. The minimum absolute atomic E-state index is 0.0512. The molecule has 0 N–H and O–H groups in total. The minimum Gasteiger partial charge on any atom is -0.300 e. The van der Waals surface area contributed by atoms with Crippen LogP contribution >= 0.6 is 0 Å². The van der Waals surface area contributed by atoms with E-state index in [1.807, 2.05) is 0 Å². The third-order valence-corrected chi connectivity index (χ3v) is 1.69. The quantitative estimate of drug-likeness (QED) is 0.689. The summed E-state index contributed by atoms with van der Waals surface area (Å²) in [6.45, 7) is 3.01. The van der Waals surface area contributed by atoms with Gasteiger partial charge in [0.25, 0.3) is 0 Å². The van der Waals surface area contributed by atoms with Crippen LogP contribution in [0.5, 0.6) is 0 Å². The second-order valence-electron chi connectivity index (χ2n) is 3.10. The van der Waals surface area contributed by atoms with Gasteiger partial charge in [-0.05, 0) is 31.0 Å². The van der Waals surface area contributed by atoms with Crippen LogP contribution in [0, 0.1) is 18.6 Å². The summed E-state index contributed by atoms with van der Waals surface area (Å²) in [4.78, 5) is 10.7. The van der Waals surface area contributed by atoms with E-state index in [0.717, 1.165) is 6.07 Å². The zero-order valence-electron chi connectivity index (χ0n) is 7.53. The molecule has 0 atom stereocenters. The molecule has 0 heterocycles. The van der Waals surface area contributed by atoms with Crippen molar-refractivity contribution in [3.63, 3.8) is 0 Å². The Morgan fingerprint density at radius 3 is 2.54 bits per heavy atom. The van der Waals surface area contributed by atoms with E-state index in [4.69, 9.17) is 0 Å². The molecule has 0 aliphatic heterocycles. The molecule has 0 saturated carbocycles. The van der Waals surface area contributed by atoms with Gasteiger partial charge in [-0.2, -0.15) is 0 Å². The van der Waals surface area contributed by atoms with Crippen molar-refractivity contribution in [1.29, 1.82) is 0 Å². The molecule has 13 heavy (non-hydrogen) atoms. The predicted molar refractivity (Wildman–Crippen MR) is 45.5 cm³/mol. The average Bonchev–Trinajstić information content (AvgIpc) is 1.98. The average molecular weight is 184 g/mol. The molecule has 0 bridgehead atoms. The lowest BCUT2D eigenvalue weighted by Gasteiger charge is -2.03. The molecule has 0 aliphatic rings. The molecular formula is C10H10F2O. The van der Waals surface area contributed by atoms with E-state index in [-0.39, 0.29) is 17.8 Å². The Labute approximate surface area is 75.4 Å². The van der Waals surface area contributed by atoms with Gasteiger partial charge in [0.1, 0.15) is 5.78 Å². The minimum atomic E-state index is -0.916. The first-order valence-electron chi connectivity index (χ1n) is 3.94. The highest BCUT2D eigenvalue weighted by molar-refractivity contribution is 5.78. The lowest BCUT2D eigenvalue weighted by Crippen LogP contribution is -2.02. The van der Waals surface area contributed by atoms with E-state index in [0.29, 0.717) is 5.56 Å². The number of rotatable bonds is 2. The van der Waals surface area contributed by atoms with Crippen LogP contribution in [0.3, 0.4) is 0 Å². The second-order valence-corrected chi connectivity index (χ2v) is 3.10. The van der Waals surface area contributed by atoms with E-state index < -0.39 is 11.6 Å². The second kappa shape index (κ2) is 3.64. The number of aryl methyl sites for hydroxylation is 1. The van der Waals surface area contributed by atoms with Crippen molar-refractivity contribution >= 4 is 5.78 Å². The Morgan fingerprint density at radius 1 is 1.38 bits per heavy atom. The molecule has 1 aromatic rings. The van der Waals surface area contributed by atoms with Crippen molar-refractivity contribution in [2.45, 2.75) is 20.3 Å².